The average Bonchev–Trinajstić information content (AvgIpc) is 2.85. The van der Waals surface area contributed by atoms with Gasteiger partial charge in [0.25, 0.3) is 5.91 Å². The van der Waals surface area contributed by atoms with Gasteiger partial charge in [0.15, 0.2) is 0 Å². The summed E-state index contributed by atoms with van der Waals surface area (Å²) in [6, 6.07) is 30.4. The third kappa shape index (κ3) is 5.26. The van der Waals surface area contributed by atoms with Crippen molar-refractivity contribution < 1.29 is 9.59 Å². The molecule has 3 aromatic carbocycles. The largest absolute Gasteiger partial charge is 0.348 e. The summed E-state index contributed by atoms with van der Waals surface area (Å²) >= 11 is 0. The minimum atomic E-state index is -0.407. The second kappa shape index (κ2) is 10.2. The first kappa shape index (κ1) is 21.0. The number of benzene rings is 3. The standard InChI is InChI=1S/C27H23N3O2/c31-26(23-12-7-17-28-19-23)29-18-20-13-15-24(16-14-20)30-27(32)25(21-8-3-1-4-9-21)22-10-5-2-6-11-22/h1-17,19,25H,18H2,(H,29,31)(H,30,32). The first-order valence-electron chi connectivity index (χ1n) is 10.4. The molecule has 0 aliphatic carbocycles. The monoisotopic (exact) mass is 421 g/mol. The van der Waals surface area contributed by atoms with Crippen molar-refractivity contribution in [1.29, 1.82) is 0 Å². The van der Waals surface area contributed by atoms with E-state index in [9.17, 15) is 9.59 Å². The number of aromatic nitrogens is 1. The van der Waals surface area contributed by atoms with Crippen molar-refractivity contribution in [2.45, 2.75) is 12.5 Å². The lowest BCUT2D eigenvalue weighted by Crippen LogP contribution is -2.23. The van der Waals surface area contributed by atoms with Gasteiger partial charge in [0.05, 0.1) is 11.5 Å². The molecule has 1 heterocycles. The number of hydrogen-bond donors (Lipinski definition) is 2. The van der Waals surface area contributed by atoms with Crippen molar-refractivity contribution >= 4 is 17.5 Å². The van der Waals surface area contributed by atoms with Gasteiger partial charge in [-0.05, 0) is 41.0 Å². The fourth-order valence-electron chi connectivity index (χ4n) is 3.49. The van der Waals surface area contributed by atoms with E-state index in [0.29, 0.717) is 17.8 Å². The van der Waals surface area contributed by atoms with Crippen LogP contribution >= 0.6 is 0 Å². The molecule has 0 aliphatic heterocycles. The van der Waals surface area contributed by atoms with E-state index in [4.69, 9.17) is 0 Å². The summed E-state index contributed by atoms with van der Waals surface area (Å²) in [6.07, 6.45) is 3.16. The maximum absolute atomic E-state index is 13.2. The first-order valence-corrected chi connectivity index (χ1v) is 10.4. The van der Waals surface area contributed by atoms with Gasteiger partial charge in [0, 0.05) is 24.6 Å². The first-order chi connectivity index (χ1) is 15.7. The number of carbonyl (C=O) groups is 2. The Morgan fingerprint density at radius 3 is 1.94 bits per heavy atom. The van der Waals surface area contributed by atoms with E-state index in [1.54, 1.807) is 18.3 Å². The summed E-state index contributed by atoms with van der Waals surface area (Å²) in [5.74, 6) is -0.681. The van der Waals surface area contributed by atoms with Gasteiger partial charge >= 0.3 is 0 Å². The third-order valence-electron chi connectivity index (χ3n) is 5.13. The molecular weight excluding hydrogens is 398 g/mol. The SMILES string of the molecule is O=C(NCc1ccc(NC(=O)C(c2ccccc2)c2ccccc2)cc1)c1cccnc1. The molecule has 5 nitrogen and oxygen atoms in total. The number of hydrogen-bond acceptors (Lipinski definition) is 3. The zero-order valence-electron chi connectivity index (χ0n) is 17.4. The maximum Gasteiger partial charge on any atom is 0.253 e. The minimum Gasteiger partial charge on any atom is -0.348 e. The molecule has 0 saturated heterocycles. The fraction of sp³-hybridized carbons (Fsp3) is 0.0741. The molecule has 2 N–H and O–H groups in total. The molecule has 0 bridgehead atoms. The van der Waals surface area contributed by atoms with Gasteiger partial charge in [-0.15, -0.1) is 0 Å². The van der Waals surface area contributed by atoms with Crippen molar-refractivity contribution in [2.24, 2.45) is 0 Å². The second-order valence-corrected chi connectivity index (χ2v) is 7.36. The predicted octanol–water partition coefficient (Wildman–Crippen LogP) is 4.78. The Hall–Kier alpha value is -4.25. The summed E-state index contributed by atoms with van der Waals surface area (Å²) in [4.78, 5) is 29.3. The van der Waals surface area contributed by atoms with Gasteiger partial charge in [-0.1, -0.05) is 72.8 Å². The van der Waals surface area contributed by atoms with E-state index in [2.05, 4.69) is 15.6 Å². The lowest BCUT2D eigenvalue weighted by molar-refractivity contribution is -0.116. The quantitative estimate of drug-likeness (QED) is 0.451. The van der Waals surface area contributed by atoms with Crippen molar-refractivity contribution in [3.63, 3.8) is 0 Å². The molecule has 32 heavy (non-hydrogen) atoms. The highest BCUT2D eigenvalue weighted by Crippen LogP contribution is 2.26. The maximum atomic E-state index is 13.2. The van der Waals surface area contributed by atoms with Gasteiger partial charge in [-0.25, -0.2) is 0 Å². The highest BCUT2D eigenvalue weighted by molar-refractivity contribution is 5.98. The topological polar surface area (TPSA) is 71.1 Å². The molecular formula is C27H23N3O2. The Kier molecular flexibility index (Phi) is 6.68. The molecule has 0 unspecified atom stereocenters. The normalized spacial score (nSPS) is 10.5. The van der Waals surface area contributed by atoms with Crippen LogP contribution in [0.15, 0.2) is 109 Å². The summed E-state index contributed by atoms with van der Waals surface area (Å²) in [5.41, 5.74) is 4.03. The van der Waals surface area contributed by atoms with E-state index >= 15 is 0 Å². The summed E-state index contributed by atoms with van der Waals surface area (Å²) in [7, 11) is 0. The number of carbonyl (C=O) groups excluding carboxylic acids is 2. The number of rotatable bonds is 7. The van der Waals surface area contributed by atoms with Crippen molar-refractivity contribution in [3.05, 3.63) is 132 Å². The predicted molar refractivity (Wildman–Crippen MR) is 125 cm³/mol. The fourth-order valence-corrected chi connectivity index (χ4v) is 3.49. The van der Waals surface area contributed by atoms with Crippen LogP contribution in [0.4, 0.5) is 5.69 Å². The minimum absolute atomic E-state index is 0.0972. The van der Waals surface area contributed by atoms with Crippen LogP contribution < -0.4 is 10.6 Å². The van der Waals surface area contributed by atoms with E-state index in [1.807, 2.05) is 84.9 Å². The Balaban J connectivity index is 1.42. The Morgan fingerprint density at radius 1 is 0.750 bits per heavy atom. The van der Waals surface area contributed by atoms with E-state index < -0.39 is 5.92 Å². The van der Waals surface area contributed by atoms with E-state index in [1.165, 1.54) is 6.20 Å². The van der Waals surface area contributed by atoms with Gasteiger partial charge in [-0.3, -0.25) is 14.6 Å². The van der Waals surface area contributed by atoms with Gasteiger partial charge in [0.2, 0.25) is 5.91 Å². The lowest BCUT2D eigenvalue weighted by Gasteiger charge is -2.18. The van der Waals surface area contributed by atoms with Gasteiger partial charge in [0.1, 0.15) is 0 Å². The van der Waals surface area contributed by atoms with Crippen LogP contribution in [0.25, 0.3) is 0 Å². The second-order valence-electron chi connectivity index (χ2n) is 7.36. The molecule has 0 spiro atoms. The zero-order valence-corrected chi connectivity index (χ0v) is 17.4. The number of amides is 2. The summed E-state index contributed by atoms with van der Waals surface area (Å²) in [6.45, 7) is 0.388. The molecule has 1 aromatic heterocycles. The van der Waals surface area contributed by atoms with E-state index in [-0.39, 0.29) is 11.8 Å². The molecule has 0 atom stereocenters. The van der Waals surface area contributed by atoms with Gasteiger partial charge in [-0.2, -0.15) is 0 Å². The molecule has 0 saturated carbocycles. The number of anilines is 1. The Morgan fingerprint density at radius 2 is 1.38 bits per heavy atom. The number of pyridine rings is 1. The van der Waals surface area contributed by atoms with Crippen molar-refractivity contribution in [2.75, 3.05) is 5.32 Å². The zero-order chi connectivity index (χ0) is 22.2. The molecule has 2 amide bonds. The van der Waals surface area contributed by atoms with Crippen LogP contribution in [-0.2, 0) is 11.3 Å². The molecule has 4 rings (SSSR count). The molecule has 158 valence electrons. The molecule has 0 radical (unpaired) electrons. The summed E-state index contributed by atoms with van der Waals surface area (Å²) in [5, 5.41) is 5.89. The van der Waals surface area contributed by atoms with Crippen LogP contribution in [0.2, 0.25) is 0 Å². The van der Waals surface area contributed by atoms with Crippen LogP contribution in [-0.4, -0.2) is 16.8 Å². The highest BCUT2D eigenvalue weighted by atomic mass is 16.2. The molecule has 0 aliphatic rings. The van der Waals surface area contributed by atoms with Crippen LogP contribution in [0, 0.1) is 0 Å². The van der Waals surface area contributed by atoms with Crippen LogP contribution in [0.5, 0.6) is 0 Å². The molecule has 5 heteroatoms. The molecule has 4 aromatic rings. The van der Waals surface area contributed by atoms with Crippen molar-refractivity contribution in [3.8, 4) is 0 Å². The van der Waals surface area contributed by atoms with E-state index in [0.717, 1.165) is 16.7 Å². The number of nitrogens with one attached hydrogen (secondary N) is 2. The lowest BCUT2D eigenvalue weighted by atomic mass is 9.90. The van der Waals surface area contributed by atoms with Crippen LogP contribution in [0.1, 0.15) is 33.0 Å². The third-order valence-corrected chi connectivity index (χ3v) is 5.13. The Labute approximate surface area is 187 Å². The highest BCUT2D eigenvalue weighted by Gasteiger charge is 2.22. The van der Waals surface area contributed by atoms with Gasteiger partial charge < -0.3 is 10.6 Å². The molecule has 0 fully saturated rings. The van der Waals surface area contributed by atoms with Crippen LogP contribution in [0.3, 0.4) is 0 Å². The number of nitrogens with zero attached hydrogens (tertiary/aromatic N) is 1. The Bertz CT molecular complexity index is 1120. The smallest absolute Gasteiger partial charge is 0.253 e. The van der Waals surface area contributed by atoms with Crippen molar-refractivity contribution in [1.82, 2.24) is 10.3 Å². The summed E-state index contributed by atoms with van der Waals surface area (Å²) < 4.78 is 0. The average molecular weight is 422 g/mol.